The third-order valence-corrected chi connectivity index (χ3v) is 7.67. The van der Waals surface area contributed by atoms with Crippen molar-refractivity contribution >= 4 is 27.5 Å². The van der Waals surface area contributed by atoms with Gasteiger partial charge in [0.15, 0.2) is 0 Å². The summed E-state index contributed by atoms with van der Waals surface area (Å²) in [6.07, 6.45) is 1.67. The number of hydrogen-bond acceptors (Lipinski definition) is 5. The molecule has 2 unspecified atom stereocenters. The molecule has 2 atom stereocenters. The van der Waals surface area contributed by atoms with E-state index in [9.17, 15) is 13.2 Å². The number of halogens is 1. The van der Waals surface area contributed by atoms with Gasteiger partial charge in [0.1, 0.15) is 0 Å². The first kappa shape index (κ1) is 25.6. The van der Waals surface area contributed by atoms with Gasteiger partial charge in [-0.3, -0.25) is 9.69 Å². The Morgan fingerprint density at radius 2 is 1.94 bits per heavy atom. The number of rotatable bonds is 11. The van der Waals surface area contributed by atoms with Gasteiger partial charge < -0.3 is 10.1 Å². The Labute approximate surface area is 201 Å². The number of benzene rings is 2. The SMILES string of the molecule is CCN(CC)C(CNC(=O)c1cccc(S(=O)(=O)NCC2CCCO2)c1)c1ccccc1Cl. The fourth-order valence-electron chi connectivity index (χ4n) is 4.03. The number of carbonyl (C=O) groups excluding carboxylic acids is 1. The smallest absolute Gasteiger partial charge is 0.251 e. The first-order valence-corrected chi connectivity index (χ1v) is 13.2. The Morgan fingerprint density at radius 1 is 1.18 bits per heavy atom. The molecule has 0 bridgehead atoms. The fourth-order valence-corrected chi connectivity index (χ4v) is 5.41. The van der Waals surface area contributed by atoms with E-state index < -0.39 is 10.0 Å². The zero-order valence-corrected chi connectivity index (χ0v) is 20.7. The average Bonchev–Trinajstić information content (AvgIpc) is 3.35. The zero-order valence-electron chi connectivity index (χ0n) is 19.1. The molecule has 1 heterocycles. The highest BCUT2D eigenvalue weighted by Crippen LogP contribution is 2.27. The number of likely N-dealkylation sites (N-methyl/N-ethyl adjacent to an activating group) is 1. The molecule has 1 aliphatic heterocycles. The maximum atomic E-state index is 12.9. The first-order valence-electron chi connectivity index (χ1n) is 11.3. The predicted octanol–water partition coefficient (Wildman–Crippen LogP) is 3.61. The second-order valence-electron chi connectivity index (χ2n) is 7.98. The number of ether oxygens (including phenoxy) is 1. The van der Waals surface area contributed by atoms with Crippen molar-refractivity contribution in [3.63, 3.8) is 0 Å². The van der Waals surface area contributed by atoms with Gasteiger partial charge in [0.05, 0.1) is 17.0 Å². The summed E-state index contributed by atoms with van der Waals surface area (Å²) in [6.45, 7) is 6.95. The fraction of sp³-hybridized carbons (Fsp3) is 0.458. The van der Waals surface area contributed by atoms with Crippen molar-refractivity contribution in [2.24, 2.45) is 0 Å². The molecule has 1 aliphatic rings. The first-order chi connectivity index (χ1) is 15.9. The number of carbonyl (C=O) groups is 1. The second-order valence-corrected chi connectivity index (χ2v) is 10.2. The van der Waals surface area contributed by atoms with Crippen LogP contribution in [-0.2, 0) is 14.8 Å². The number of hydrogen-bond donors (Lipinski definition) is 2. The average molecular weight is 494 g/mol. The molecule has 0 radical (unpaired) electrons. The van der Waals surface area contributed by atoms with Gasteiger partial charge in [-0.25, -0.2) is 13.1 Å². The monoisotopic (exact) mass is 493 g/mol. The van der Waals surface area contributed by atoms with E-state index in [2.05, 4.69) is 28.8 Å². The summed E-state index contributed by atoms with van der Waals surface area (Å²) >= 11 is 6.44. The van der Waals surface area contributed by atoms with Crippen LogP contribution in [0.25, 0.3) is 0 Å². The number of sulfonamides is 1. The summed E-state index contributed by atoms with van der Waals surface area (Å²) in [6, 6.07) is 13.6. The molecular weight excluding hydrogens is 462 g/mol. The van der Waals surface area contributed by atoms with Crippen molar-refractivity contribution < 1.29 is 17.9 Å². The topological polar surface area (TPSA) is 87.7 Å². The molecule has 3 rings (SSSR count). The van der Waals surface area contributed by atoms with Gasteiger partial charge in [0.2, 0.25) is 10.0 Å². The molecule has 0 aliphatic carbocycles. The highest BCUT2D eigenvalue weighted by atomic mass is 35.5. The Bertz CT molecular complexity index is 1040. The van der Waals surface area contributed by atoms with Crippen molar-refractivity contribution in [2.75, 3.05) is 32.8 Å². The third kappa shape index (κ3) is 6.77. The Hall–Kier alpha value is -1.97. The lowest BCUT2D eigenvalue weighted by Crippen LogP contribution is -2.38. The van der Waals surface area contributed by atoms with Crippen molar-refractivity contribution in [3.05, 3.63) is 64.7 Å². The van der Waals surface area contributed by atoms with Crippen LogP contribution in [0.5, 0.6) is 0 Å². The zero-order chi connectivity index (χ0) is 23.8. The van der Waals surface area contributed by atoms with Crippen LogP contribution < -0.4 is 10.0 Å². The molecule has 7 nitrogen and oxygen atoms in total. The lowest BCUT2D eigenvalue weighted by atomic mass is 10.0. The van der Waals surface area contributed by atoms with Crippen molar-refractivity contribution in [1.82, 2.24) is 14.9 Å². The lowest BCUT2D eigenvalue weighted by Gasteiger charge is -2.31. The van der Waals surface area contributed by atoms with E-state index in [-0.39, 0.29) is 35.1 Å². The molecule has 1 saturated heterocycles. The van der Waals surface area contributed by atoms with E-state index >= 15 is 0 Å². The Morgan fingerprint density at radius 3 is 2.61 bits per heavy atom. The van der Waals surface area contributed by atoms with Crippen molar-refractivity contribution in [3.8, 4) is 0 Å². The van der Waals surface area contributed by atoms with E-state index in [0.29, 0.717) is 18.2 Å². The standard InChI is InChI=1S/C24H32ClN3O4S/c1-3-28(4-2)23(21-12-5-6-13-22(21)25)17-26-24(29)18-9-7-11-20(15-18)33(30,31)27-16-19-10-8-14-32-19/h5-7,9,11-13,15,19,23,27H,3-4,8,10,14,16-17H2,1-2H3,(H,26,29). The van der Waals surface area contributed by atoms with Gasteiger partial charge in [0, 0.05) is 30.3 Å². The molecule has 0 spiro atoms. The summed E-state index contributed by atoms with van der Waals surface area (Å²) in [7, 11) is -3.74. The quantitative estimate of drug-likeness (QED) is 0.499. The molecule has 0 saturated carbocycles. The number of nitrogens with one attached hydrogen (secondary N) is 2. The normalized spacial score (nSPS) is 17.3. The van der Waals surface area contributed by atoms with Gasteiger partial charge in [0.25, 0.3) is 5.91 Å². The lowest BCUT2D eigenvalue weighted by molar-refractivity contribution is 0.0934. The molecule has 2 N–H and O–H groups in total. The van der Waals surface area contributed by atoms with Crippen LogP contribution in [-0.4, -0.2) is 58.1 Å². The molecular formula is C24H32ClN3O4S. The Kier molecular flexibility index (Phi) is 9.28. The minimum absolute atomic E-state index is 0.0551. The maximum absolute atomic E-state index is 12.9. The van der Waals surface area contributed by atoms with Gasteiger partial charge >= 0.3 is 0 Å². The summed E-state index contributed by atoms with van der Waals surface area (Å²) in [5.74, 6) is -0.338. The maximum Gasteiger partial charge on any atom is 0.251 e. The minimum atomic E-state index is -3.74. The van der Waals surface area contributed by atoms with Crippen molar-refractivity contribution in [1.29, 1.82) is 0 Å². The van der Waals surface area contributed by atoms with Gasteiger partial charge in [-0.1, -0.05) is 49.7 Å². The van der Waals surface area contributed by atoms with Crippen LogP contribution in [0, 0.1) is 0 Å². The third-order valence-electron chi connectivity index (χ3n) is 5.90. The van der Waals surface area contributed by atoms with Gasteiger partial charge in [-0.15, -0.1) is 0 Å². The molecule has 9 heteroatoms. The van der Waals surface area contributed by atoms with Gasteiger partial charge in [-0.2, -0.15) is 0 Å². The summed E-state index contributed by atoms with van der Waals surface area (Å²) in [5.41, 5.74) is 1.23. The largest absolute Gasteiger partial charge is 0.377 e. The second kappa shape index (κ2) is 11.9. The van der Waals surface area contributed by atoms with Crippen molar-refractivity contribution in [2.45, 2.75) is 43.7 Å². The van der Waals surface area contributed by atoms with Crippen LogP contribution in [0.1, 0.15) is 48.7 Å². The van der Waals surface area contributed by atoms with E-state index in [1.54, 1.807) is 12.1 Å². The van der Waals surface area contributed by atoms with E-state index in [4.69, 9.17) is 16.3 Å². The van der Waals surface area contributed by atoms with Crippen LogP contribution in [0.3, 0.4) is 0 Å². The van der Waals surface area contributed by atoms with Crippen LogP contribution in [0.2, 0.25) is 5.02 Å². The van der Waals surface area contributed by atoms with Crippen LogP contribution >= 0.6 is 11.6 Å². The summed E-state index contributed by atoms with van der Waals surface area (Å²) < 4.78 is 33.5. The van der Waals surface area contributed by atoms with Crippen LogP contribution in [0.4, 0.5) is 0 Å². The van der Waals surface area contributed by atoms with E-state index in [1.807, 2.05) is 24.3 Å². The highest BCUT2D eigenvalue weighted by Gasteiger charge is 2.23. The molecule has 33 heavy (non-hydrogen) atoms. The summed E-state index contributed by atoms with van der Waals surface area (Å²) in [4.78, 5) is 15.2. The highest BCUT2D eigenvalue weighted by molar-refractivity contribution is 7.89. The molecule has 0 aromatic heterocycles. The summed E-state index contributed by atoms with van der Waals surface area (Å²) in [5, 5.41) is 3.60. The molecule has 2 aromatic carbocycles. The van der Waals surface area contributed by atoms with E-state index in [1.165, 1.54) is 12.1 Å². The van der Waals surface area contributed by atoms with E-state index in [0.717, 1.165) is 31.5 Å². The molecule has 1 fully saturated rings. The number of nitrogens with zero attached hydrogens (tertiary/aromatic N) is 1. The Balaban J connectivity index is 1.70. The van der Waals surface area contributed by atoms with Gasteiger partial charge in [-0.05, 0) is 55.8 Å². The number of amides is 1. The molecule has 1 amide bonds. The molecule has 2 aromatic rings. The molecule has 180 valence electrons. The predicted molar refractivity (Wildman–Crippen MR) is 130 cm³/mol. The minimum Gasteiger partial charge on any atom is -0.377 e. The van der Waals surface area contributed by atoms with Crippen LogP contribution in [0.15, 0.2) is 53.4 Å².